The summed E-state index contributed by atoms with van der Waals surface area (Å²) in [7, 11) is 0. The van der Waals surface area contributed by atoms with E-state index < -0.39 is 5.97 Å². The van der Waals surface area contributed by atoms with Crippen molar-refractivity contribution in [3.63, 3.8) is 0 Å². The van der Waals surface area contributed by atoms with Crippen LogP contribution in [0, 0.1) is 18.8 Å². The molecular weight excluding hydrogens is 266 g/mol. The zero-order valence-corrected chi connectivity index (χ0v) is 12.6. The summed E-state index contributed by atoms with van der Waals surface area (Å²) in [5.41, 5.74) is 2.30. The van der Waals surface area contributed by atoms with Gasteiger partial charge in [-0.2, -0.15) is 0 Å². The Balaban J connectivity index is 1.90. The number of carbonyl (C=O) groups excluding carboxylic acids is 1. The van der Waals surface area contributed by atoms with Gasteiger partial charge in [-0.1, -0.05) is 24.3 Å². The lowest BCUT2D eigenvalue weighted by molar-refractivity contribution is -0.144. The van der Waals surface area contributed by atoms with Crippen LogP contribution in [-0.4, -0.2) is 17.0 Å². The molecule has 114 valence electrons. The first kappa shape index (κ1) is 15.5. The number of nitrogens with one attached hydrogen (secondary N) is 1. The van der Waals surface area contributed by atoms with Gasteiger partial charge in [0.1, 0.15) is 0 Å². The average Bonchev–Trinajstić information content (AvgIpc) is 2.47. The van der Waals surface area contributed by atoms with Crippen LogP contribution in [0.15, 0.2) is 24.3 Å². The molecule has 1 saturated carbocycles. The molecule has 0 aliphatic heterocycles. The predicted octanol–water partition coefficient (Wildman–Crippen LogP) is 3.06. The Hall–Kier alpha value is -1.84. The highest BCUT2D eigenvalue weighted by atomic mass is 16.4. The van der Waals surface area contributed by atoms with Crippen molar-refractivity contribution in [3.8, 4) is 0 Å². The molecule has 0 radical (unpaired) electrons. The fourth-order valence-electron chi connectivity index (χ4n) is 3.08. The molecule has 1 aliphatic rings. The number of amides is 1. The smallest absolute Gasteiger partial charge is 0.306 e. The van der Waals surface area contributed by atoms with Crippen LogP contribution in [-0.2, 0) is 9.59 Å². The monoisotopic (exact) mass is 289 g/mol. The van der Waals surface area contributed by atoms with Gasteiger partial charge in [-0.05, 0) is 50.7 Å². The molecule has 4 heteroatoms. The number of aryl methyl sites for hydroxylation is 1. The standard InChI is InChI=1S/C17H23NO3/c1-11-5-3-4-6-15(11)12(2)18-16(19)13-7-9-14(10-8-13)17(20)21/h3-6,12-14H,7-10H2,1-2H3,(H,18,19)(H,20,21). The first-order chi connectivity index (χ1) is 9.99. The Morgan fingerprint density at radius 1 is 1.14 bits per heavy atom. The minimum atomic E-state index is -0.734. The second-order valence-corrected chi connectivity index (χ2v) is 5.97. The molecule has 2 rings (SSSR count). The van der Waals surface area contributed by atoms with E-state index in [0.29, 0.717) is 25.7 Å². The van der Waals surface area contributed by atoms with E-state index in [1.165, 1.54) is 5.56 Å². The van der Waals surface area contributed by atoms with Crippen LogP contribution in [0.3, 0.4) is 0 Å². The molecule has 4 nitrogen and oxygen atoms in total. The van der Waals surface area contributed by atoms with E-state index >= 15 is 0 Å². The summed E-state index contributed by atoms with van der Waals surface area (Å²) in [6.45, 7) is 4.03. The normalized spacial score (nSPS) is 23.3. The molecule has 1 aromatic carbocycles. The van der Waals surface area contributed by atoms with Crippen LogP contribution >= 0.6 is 0 Å². The summed E-state index contributed by atoms with van der Waals surface area (Å²) in [4.78, 5) is 23.2. The molecule has 1 atom stereocenters. The number of aliphatic carboxylic acids is 1. The van der Waals surface area contributed by atoms with Gasteiger partial charge in [-0.3, -0.25) is 9.59 Å². The van der Waals surface area contributed by atoms with Crippen molar-refractivity contribution in [3.05, 3.63) is 35.4 Å². The van der Waals surface area contributed by atoms with Gasteiger partial charge in [0.2, 0.25) is 5.91 Å². The number of hydrogen-bond donors (Lipinski definition) is 2. The van der Waals surface area contributed by atoms with E-state index in [-0.39, 0.29) is 23.8 Å². The first-order valence-electron chi connectivity index (χ1n) is 7.57. The molecule has 0 aromatic heterocycles. The van der Waals surface area contributed by atoms with Crippen molar-refractivity contribution in [1.82, 2.24) is 5.32 Å². The SMILES string of the molecule is Cc1ccccc1C(C)NC(=O)C1CCC(C(=O)O)CC1. The summed E-state index contributed by atoms with van der Waals surface area (Å²) in [5.74, 6) is -1.01. The molecule has 1 unspecified atom stereocenters. The molecule has 21 heavy (non-hydrogen) atoms. The molecular formula is C17H23NO3. The summed E-state index contributed by atoms with van der Waals surface area (Å²) < 4.78 is 0. The zero-order chi connectivity index (χ0) is 15.4. The van der Waals surface area contributed by atoms with Crippen molar-refractivity contribution >= 4 is 11.9 Å². The zero-order valence-electron chi connectivity index (χ0n) is 12.6. The fourth-order valence-corrected chi connectivity index (χ4v) is 3.08. The molecule has 2 N–H and O–H groups in total. The highest BCUT2D eigenvalue weighted by Crippen LogP contribution is 2.29. The van der Waals surface area contributed by atoms with Gasteiger partial charge in [0, 0.05) is 5.92 Å². The highest BCUT2D eigenvalue weighted by molar-refractivity contribution is 5.79. The summed E-state index contributed by atoms with van der Waals surface area (Å²) in [6, 6.07) is 8.01. The van der Waals surface area contributed by atoms with Gasteiger partial charge in [-0.25, -0.2) is 0 Å². The van der Waals surface area contributed by atoms with Gasteiger partial charge in [0.25, 0.3) is 0 Å². The van der Waals surface area contributed by atoms with Gasteiger partial charge in [0.05, 0.1) is 12.0 Å². The Bertz CT molecular complexity index is 519. The number of carbonyl (C=O) groups is 2. The highest BCUT2D eigenvalue weighted by Gasteiger charge is 2.30. The lowest BCUT2D eigenvalue weighted by atomic mass is 9.81. The molecule has 0 saturated heterocycles. The lowest BCUT2D eigenvalue weighted by Crippen LogP contribution is -2.36. The molecule has 1 aromatic rings. The van der Waals surface area contributed by atoms with Crippen LogP contribution in [0.25, 0.3) is 0 Å². The maximum absolute atomic E-state index is 12.3. The fraction of sp³-hybridized carbons (Fsp3) is 0.529. The topological polar surface area (TPSA) is 66.4 Å². The second kappa shape index (κ2) is 6.74. The van der Waals surface area contributed by atoms with Gasteiger partial charge in [-0.15, -0.1) is 0 Å². The maximum atomic E-state index is 12.3. The third kappa shape index (κ3) is 3.84. The number of benzene rings is 1. The van der Waals surface area contributed by atoms with Crippen LogP contribution in [0.4, 0.5) is 0 Å². The predicted molar refractivity (Wildman–Crippen MR) is 80.8 cm³/mol. The molecule has 1 amide bonds. The van der Waals surface area contributed by atoms with Crippen LogP contribution in [0.1, 0.15) is 49.8 Å². The van der Waals surface area contributed by atoms with Gasteiger partial charge < -0.3 is 10.4 Å². The molecule has 0 spiro atoms. The van der Waals surface area contributed by atoms with E-state index in [1.54, 1.807) is 0 Å². The summed E-state index contributed by atoms with van der Waals surface area (Å²) in [5, 5.41) is 12.1. The average molecular weight is 289 g/mol. The first-order valence-corrected chi connectivity index (χ1v) is 7.57. The Morgan fingerprint density at radius 3 is 2.29 bits per heavy atom. The number of carboxylic acids is 1. The molecule has 1 aliphatic carbocycles. The van der Waals surface area contributed by atoms with Gasteiger partial charge >= 0.3 is 5.97 Å². The summed E-state index contributed by atoms with van der Waals surface area (Å²) >= 11 is 0. The van der Waals surface area contributed by atoms with E-state index in [0.717, 1.165) is 5.56 Å². The third-order valence-electron chi connectivity index (χ3n) is 4.46. The van der Waals surface area contributed by atoms with Crippen molar-refractivity contribution in [2.45, 2.75) is 45.6 Å². The van der Waals surface area contributed by atoms with Crippen LogP contribution in [0.2, 0.25) is 0 Å². The van der Waals surface area contributed by atoms with Crippen LogP contribution < -0.4 is 5.32 Å². The molecule has 0 bridgehead atoms. The number of rotatable bonds is 4. The number of carboxylic acid groups (broad SMARTS) is 1. The van der Waals surface area contributed by atoms with Crippen molar-refractivity contribution < 1.29 is 14.7 Å². The molecule has 0 heterocycles. The minimum absolute atomic E-state index is 0.0177. The quantitative estimate of drug-likeness (QED) is 0.895. The van der Waals surface area contributed by atoms with Crippen LogP contribution in [0.5, 0.6) is 0 Å². The van der Waals surface area contributed by atoms with Crippen molar-refractivity contribution in [2.75, 3.05) is 0 Å². The Kier molecular flexibility index (Phi) is 4.99. The lowest BCUT2D eigenvalue weighted by Gasteiger charge is -2.27. The van der Waals surface area contributed by atoms with Crippen molar-refractivity contribution in [2.24, 2.45) is 11.8 Å². The second-order valence-electron chi connectivity index (χ2n) is 5.97. The van der Waals surface area contributed by atoms with E-state index in [2.05, 4.69) is 5.32 Å². The minimum Gasteiger partial charge on any atom is -0.481 e. The molecule has 1 fully saturated rings. The van der Waals surface area contributed by atoms with E-state index in [1.807, 2.05) is 38.1 Å². The van der Waals surface area contributed by atoms with Gasteiger partial charge in [0.15, 0.2) is 0 Å². The largest absolute Gasteiger partial charge is 0.481 e. The maximum Gasteiger partial charge on any atom is 0.306 e. The number of hydrogen-bond acceptors (Lipinski definition) is 2. The third-order valence-corrected chi connectivity index (χ3v) is 4.46. The van der Waals surface area contributed by atoms with Crippen molar-refractivity contribution in [1.29, 1.82) is 0 Å². The Labute approximate surface area is 125 Å². The Morgan fingerprint density at radius 2 is 1.71 bits per heavy atom. The summed E-state index contributed by atoms with van der Waals surface area (Å²) in [6.07, 6.45) is 2.55. The van der Waals surface area contributed by atoms with E-state index in [9.17, 15) is 9.59 Å². The van der Waals surface area contributed by atoms with E-state index in [4.69, 9.17) is 5.11 Å².